The summed E-state index contributed by atoms with van der Waals surface area (Å²) >= 11 is 0. The third-order valence-electron chi connectivity index (χ3n) is 8.71. The molecule has 1 aromatic carbocycles. The van der Waals surface area contributed by atoms with E-state index in [1.165, 1.54) is 0 Å². The van der Waals surface area contributed by atoms with Gasteiger partial charge in [0.15, 0.2) is 5.65 Å². The number of hydrogen-bond donors (Lipinski definition) is 2. The van der Waals surface area contributed by atoms with Crippen molar-refractivity contribution < 1.29 is 4.79 Å². The van der Waals surface area contributed by atoms with Gasteiger partial charge in [-0.05, 0) is 57.4 Å². The lowest BCUT2D eigenvalue weighted by Gasteiger charge is -2.45. The van der Waals surface area contributed by atoms with Crippen LogP contribution < -0.4 is 11.5 Å². The Labute approximate surface area is 215 Å². The van der Waals surface area contributed by atoms with Gasteiger partial charge in [0.25, 0.3) is 0 Å². The number of piperidine rings is 1. The zero-order chi connectivity index (χ0) is 25.3. The number of fused-ring (bicyclic) bond motifs is 3. The van der Waals surface area contributed by atoms with Crippen LogP contribution in [0.1, 0.15) is 68.5 Å². The van der Waals surface area contributed by atoms with Gasteiger partial charge in [-0.15, -0.1) is 0 Å². The standard InChI is InChI=1S/C29H31N7O/c1-29-12-11-21(35(29)28(31)37)13-20(14-29)25-24(18-7-8-18)26(30)36-27(34-25)22(16-33-36)19-9-10-23(32-15-19)17-5-3-2-4-6-17/h2-6,9-10,15-16,18,20-21H,7-8,11-14,30H2,1H3,(H2,31,37)/t20-,21-,29?/m0/s1. The molecule has 2 bridgehead atoms. The van der Waals surface area contributed by atoms with Crippen LogP contribution in [-0.4, -0.2) is 42.1 Å². The second-order valence-electron chi connectivity index (χ2n) is 11.2. The Hall–Kier alpha value is -3.94. The summed E-state index contributed by atoms with van der Waals surface area (Å²) in [4.78, 5) is 24.2. The van der Waals surface area contributed by atoms with Gasteiger partial charge in [0.2, 0.25) is 0 Å². The molecule has 0 spiro atoms. The number of nitrogen functional groups attached to an aromatic ring is 1. The lowest BCUT2D eigenvalue weighted by molar-refractivity contribution is 0.0897. The van der Waals surface area contributed by atoms with Gasteiger partial charge in [-0.25, -0.2) is 9.78 Å². The molecule has 1 aliphatic carbocycles. The van der Waals surface area contributed by atoms with Gasteiger partial charge in [0, 0.05) is 45.9 Å². The fraction of sp³-hybridized carbons (Fsp3) is 0.379. The van der Waals surface area contributed by atoms with Crippen molar-refractivity contribution in [3.05, 3.63) is 66.1 Å². The van der Waals surface area contributed by atoms with Crippen molar-refractivity contribution in [3.8, 4) is 22.4 Å². The first kappa shape index (κ1) is 22.3. The largest absolute Gasteiger partial charge is 0.383 e. The first-order valence-electron chi connectivity index (χ1n) is 13.2. The minimum atomic E-state index is -0.307. The summed E-state index contributed by atoms with van der Waals surface area (Å²) in [6, 6.07) is 14.1. The highest BCUT2D eigenvalue weighted by atomic mass is 16.2. The van der Waals surface area contributed by atoms with E-state index in [1.807, 2.05) is 41.6 Å². The van der Waals surface area contributed by atoms with Crippen LogP contribution in [-0.2, 0) is 0 Å². The second kappa shape index (κ2) is 8.03. The zero-order valence-electron chi connectivity index (χ0n) is 21.0. The van der Waals surface area contributed by atoms with Gasteiger partial charge in [-0.3, -0.25) is 4.98 Å². The number of benzene rings is 1. The number of amides is 2. The molecule has 2 amide bonds. The average Bonchev–Trinajstić information content (AvgIpc) is 3.60. The van der Waals surface area contributed by atoms with Crippen LogP contribution in [0.25, 0.3) is 28.0 Å². The fourth-order valence-electron chi connectivity index (χ4n) is 6.87. The molecular formula is C29H31N7O. The summed E-state index contributed by atoms with van der Waals surface area (Å²) < 4.78 is 1.80. The van der Waals surface area contributed by atoms with Crippen molar-refractivity contribution in [3.63, 3.8) is 0 Å². The van der Waals surface area contributed by atoms with Gasteiger partial charge in [-0.2, -0.15) is 9.61 Å². The van der Waals surface area contributed by atoms with E-state index in [2.05, 4.69) is 30.2 Å². The van der Waals surface area contributed by atoms with Crippen LogP contribution in [0.4, 0.5) is 10.6 Å². The number of primary amides is 1. The van der Waals surface area contributed by atoms with E-state index in [1.54, 1.807) is 4.52 Å². The number of rotatable bonds is 4. The minimum absolute atomic E-state index is 0.159. The lowest BCUT2D eigenvalue weighted by Crippen LogP contribution is -2.55. The zero-order valence-corrected chi connectivity index (χ0v) is 21.0. The first-order valence-corrected chi connectivity index (χ1v) is 13.2. The summed E-state index contributed by atoms with van der Waals surface area (Å²) in [5.74, 6) is 1.36. The molecule has 7 rings (SSSR count). The Kier molecular flexibility index (Phi) is 4.83. The van der Waals surface area contributed by atoms with Crippen LogP contribution in [0.3, 0.4) is 0 Å². The molecule has 188 valence electrons. The Morgan fingerprint density at radius 2 is 1.84 bits per heavy atom. The van der Waals surface area contributed by atoms with Gasteiger partial charge in [0.1, 0.15) is 5.82 Å². The highest BCUT2D eigenvalue weighted by Gasteiger charge is 2.52. The van der Waals surface area contributed by atoms with Crippen LogP contribution in [0, 0.1) is 0 Å². The first-order chi connectivity index (χ1) is 17.9. The number of aromatic nitrogens is 4. The predicted molar refractivity (Wildman–Crippen MR) is 143 cm³/mol. The number of anilines is 1. The Bertz CT molecular complexity index is 1510. The highest BCUT2D eigenvalue weighted by Crippen LogP contribution is 2.53. The molecule has 8 heteroatoms. The summed E-state index contributed by atoms with van der Waals surface area (Å²) in [5, 5.41) is 4.66. The summed E-state index contributed by atoms with van der Waals surface area (Å²) in [6.45, 7) is 2.17. The summed E-state index contributed by atoms with van der Waals surface area (Å²) in [7, 11) is 0. The highest BCUT2D eigenvalue weighted by molar-refractivity contribution is 5.79. The van der Waals surface area contributed by atoms with E-state index in [0.29, 0.717) is 11.7 Å². The number of pyridine rings is 1. The monoisotopic (exact) mass is 493 g/mol. The van der Waals surface area contributed by atoms with Crippen molar-refractivity contribution in [2.75, 3.05) is 5.73 Å². The van der Waals surface area contributed by atoms with Crippen LogP contribution in [0.5, 0.6) is 0 Å². The topological polar surface area (TPSA) is 115 Å². The molecule has 4 N–H and O–H groups in total. The SMILES string of the molecule is CC12CC[C@@H](C[C@H](c3nc4c(-c5ccc(-c6ccccc6)nc5)cnn4c(N)c3C3CC3)C1)N2C(N)=O. The smallest absolute Gasteiger partial charge is 0.315 e. The quantitative estimate of drug-likeness (QED) is 0.410. The van der Waals surface area contributed by atoms with Crippen molar-refractivity contribution in [1.29, 1.82) is 0 Å². The molecule has 8 nitrogen and oxygen atoms in total. The maximum atomic E-state index is 12.3. The number of hydrogen-bond acceptors (Lipinski definition) is 5. The molecule has 4 aromatic rings. The maximum absolute atomic E-state index is 12.3. The molecule has 3 aliphatic rings. The molecule has 5 heterocycles. The van der Waals surface area contributed by atoms with E-state index in [0.717, 1.165) is 77.8 Å². The fourth-order valence-corrected chi connectivity index (χ4v) is 6.87. The van der Waals surface area contributed by atoms with Crippen LogP contribution in [0.15, 0.2) is 54.9 Å². The Morgan fingerprint density at radius 1 is 1.03 bits per heavy atom. The second-order valence-corrected chi connectivity index (χ2v) is 11.2. The van der Waals surface area contributed by atoms with Gasteiger partial charge < -0.3 is 16.4 Å². The van der Waals surface area contributed by atoms with Gasteiger partial charge in [0.05, 0.1) is 17.6 Å². The minimum Gasteiger partial charge on any atom is -0.383 e. The molecule has 2 saturated heterocycles. The maximum Gasteiger partial charge on any atom is 0.315 e. The molecule has 3 atom stereocenters. The Balaban J connectivity index is 1.31. The molecule has 2 aliphatic heterocycles. The number of nitrogens with zero attached hydrogens (tertiary/aromatic N) is 5. The summed E-state index contributed by atoms with van der Waals surface area (Å²) in [5.41, 5.74) is 19.3. The molecule has 3 fully saturated rings. The molecule has 1 saturated carbocycles. The molecule has 3 aromatic heterocycles. The van der Waals surface area contributed by atoms with Crippen LogP contribution in [0.2, 0.25) is 0 Å². The van der Waals surface area contributed by atoms with E-state index in [9.17, 15) is 4.79 Å². The average molecular weight is 494 g/mol. The molecular weight excluding hydrogens is 462 g/mol. The van der Waals surface area contributed by atoms with E-state index < -0.39 is 0 Å². The third-order valence-corrected chi connectivity index (χ3v) is 8.71. The normalized spacial score (nSPS) is 25.1. The van der Waals surface area contributed by atoms with E-state index in [-0.39, 0.29) is 23.5 Å². The van der Waals surface area contributed by atoms with Crippen LogP contribution >= 0.6 is 0 Å². The molecule has 1 unspecified atom stereocenters. The third kappa shape index (κ3) is 3.49. The number of carbonyl (C=O) groups excluding carboxylic acids is 1. The van der Waals surface area contributed by atoms with Crippen molar-refractivity contribution in [2.24, 2.45) is 5.73 Å². The predicted octanol–water partition coefficient (Wildman–Crippen LogP) is 5.10. The number of nitrogens with two attached hydrogens (primary N) is 2. The van der Waals surface area contributed by atoms with Gasteiger partial charge in [-0.1, -0.05) is 36.4 Å². The van der Waals surface area contributed by atoms with Crippen molar-refractivity contribution >= 4 is 17.5 Å². The van der Waals surface area contributed by atoms with Gasteiger partial charge >= 0.3 is 6.03 Å². The van der Waals surface area contributed by atoms with Crippen molar-refractivity contribution in [1.82, 2.24) is 24.5 Å². The molecule has 0 radical (unpaired) electrons. The lowest BCUT2D eigenvalue weighted by atomic mass is 9.79. The number of carbonyl (C=O) groups is 1. The summed E-state index contributed by atoms with van der Waals surface area (Å²) in [6.07, 6.45) is 9.68. The Morgan fingerprint density at radius 3 is 2.51 bits per heavy atom. The van der Waals surface area contributed by atoms with E-state index in [4.69, 9.17) is 21.4 Å². The molecule has 37 heavy (non-hydrogen) atoms. The van der Waals surface area contributed by atoms with Crippen molar-refractivity contribution in [2.45, 2.75) is 68.9 Å². The van der Waals surface area contributed by atoms with E-state index >= 15 is 0 Å². The number of urea groups is 1.